The molecule has 2 unspecified atom stereocenters. The smallest absolute Gasteiger partial charge is 0.282 e. The summed E-state index contributed by atoms with van der Waals surface area (Å²) in [7, 11) is 0. The number of amides is 2. The molecule has 3 N–H and O–H groups in total. The van der Waals surface area contributed by atoms with Crippen molar-refractivity contribution in [2.45, 2.75) is 51.7 Å². The van der Waals surface area contributed by atoms with Gasteiger partial charge < -0.3 is 20.9 Å². The molecule has 1 saturated heterocycles. The highest BCUT2D eigenvalue weighted by Crippen LogP contribution is 2.28. The predicted molar refractivity (Wildman–Crippen MR) is 127 cm³/mol. The zero-order chi connectivity index (χ0) is 23.7. The number of aryl methyl sites for hydroxylation is 1. The van der Waals surface area contributed by atoms with Crippen molar-refractivity contribution in [3.8, 4) is 0 Å². The first-order valence-electron chi connectivity index (χ1n) is 11.2. The molecule has 2 aromatic carbocycles. The first-order chi connectivity index (χ1) is 15.7. The second kappa shape index (κ2) is 9.19. The molecule has 33 heavy (non-hydrogen) atoms. The molecule has 4 rings (SSSR count). The Hall–Kier alpha value is -3.46. The minimum Gasteiger partial charge on any atom is -0.368 e. The summed E-state index contributed by atoms with van der Waals surface area (Å²) in [5, 5.41) is 20.8. The molecule has 2 aliphatic rings. The van der Waals surface area contributed by atoms with Crippen molar-refractivity contribution >= 4 is 28.9 Å². The van der Waals surface area contributed by atoms with Gasteiger partial charge in [-0.1, -0.05) is 6.07 Å². The molecule has 0 bridgehead atoms. The third kappa shape index (κ3) is 5.31. The number of rotatable bonds is 6. The fourth-order valence-corrected chi connectivity index (χ4v) is 4.18. The number of piperazine rings is 1. The van der Waals surface area contributed by atoms with Crippen LogP contribution in [0, 0.1) is 17.0 Å². The highest BCUT2D eigenvalue weighted by Gasteiger charge is 2.27. The fourth-order valence-electron chi connectivity index (χ4n) is 4.18. The minimum absolute atomic E-state index is 0.0106. The van der Waals surface area contributed by atoms with E-state index in [2.05, 4.69) is 34.7 Å². The summed E-state index contributed by atoms with van der Waals surface area (Å²) in [6, 6.07) is 10.5. The molecule has 1 aliphatic heterocycles. The van der Waals surface area contributed by atoms with Crippen LogP contribution in [0.5, 0.6) is 0 Å². The van der Waals surface area contributed by atoms with Gasteiger partial charge in [-0.15, -0.1) is 0 Å². The Kier molecular flexibility index (Phi) is 6.33. The number of nitro benzene ring substituents is 1. The number of nitro groups is 1. The van der Waals surface area contributed by atoms with Crippen molar-refractivity contribution < 1.29 is 14.5 Å². The maximum Gasteiger partial charge on any atom is 0.282 e. The lowest BCUT2D eigenvalue weighted by Crippen LogP contribution is -2.54. The van der Waals surface area contributed by atoms with E-state index >= 15 is 0 Å². The molecule has 0 aromatic heterocycles. The molecule has 9 nitrogen and oxygen atoms in total. The van der Waals surface area contributed by atoms with E-state index in [1.54, 1.807) is 30.3 Å². The van der Waals surface area contributed by atoms with Gasteiger partial charge in [-0.2, -0.15) is 0 Å². The first kappa shape index (κ1) is 22.7. The number of hydrogen-bond acceptors (Lipinski definition) is 6. The van der Waals surface area contributed by atoms with Gasteiger partial charge in [-0.05, 0) is 63.4 Å². The van der Waals surface area contributed by atoms with Crippen LogP contribution < -0.4 is 20.9 Å². The van der Waals surface area contributed by atoms with Crippen LogP contribution in [0.4, 0.5) is 17.1 Å². The highest BCUT2D eigenvalue weighted by molar-refractivity contribution is 6.08. The van der Waals surface area contributed by atoms with Crippen molar-refractivity contribution in [1.82, 2.24) is 10.6 Å². The molecular weight excluding hydrogens is 422 g/mol. The Morgan fingerprint density at radius 1 is 1.06 bits per heavy atom. The van der Waals surface area contributed by atoms with Crippen LogP contribution >= 0.6 is 0 Å². The normalized spacial score (nSPS) is 20.3. The van der Waals surface area contributed by atoms with E-state index in [1.807, 2.05) is 6.92 Å². The lowest BCUT2D eigenvalue weighted by Gasteiger charge is -2.37. The van der Waals surface area contributed by atoms with Crippen molar-refractivity contribution in [2.24, 2.45) is 0 Å². The molecular formula is C24H29N5O4. The van der Waals surface area contributed by atoms with Gasteiger partial charge in [-0.3, -0.25) is 19.7 Å². The zero-order valence-corrected chi connectivity index (χ0v) is 19.1. The second-order valence-corrected chi connectivity index (χ2v) is 9.06. The molecule has 1 heterocycles. The van der Waals surface area contributed by atoms with E-state index in [0.29, 0.717) is 11.3 Å². The van der Waals surface area contributed by atoms with Gasteiger partial charge in [0.05, 0.1) is 4.92 Å². The number of anilines is 2. The largest absolute Gasteiger partial charge is 0.368 e. The quantitative estimate of drug-likeness (QED) is 0.459. The summed E-state index contributed by atoms with van der Waals surface area (Å²) in [5.74, 6) is -0.773. The number of nitrogens with one attached hydrogen (secondary N) is 3. The van der Waals surface area contributed by atoms with E-state index in [1.165, 1.54) is 6.07 Å². The maximum absolute atomic E-state index is 13.2. The Bertz CT molecular complexity index is 1090. The van der Waals surface area contributed by atoms with Crippen molar-refractivity contribution in [1.29, 1.82) is 0 Å². The summed E-state index contributed by atoms with van der Waals surface area (Å²) >= 11 is 0. The number of hydrogen-bond donors (Lipinski definition) is 3. The lowest BCUT2D eigenvalue weighted by molar-refractivity contribution is -0.385. The van der Waals surface area contributed by atoms with E-state index in [0.717, 1.165) is 37.2 Å². The average Bonchev–Trinajstić information content (AvgIpc) is 3.58. The molecule has 174 valence electrons. The monoisotopic (exact) mass is 451 g/mol. The molecule has 9 heteroatoms. The van der Waals surface area contributed by atoms with Gasteiger partial charge in [0.25, 0.3) is 17.5 Å². The molecule has 1 saturated carbocycles. The second-order valence-electron chi connectivity index (χ2n) is 9.06. The van der Waals surface area contributed by atoms with Gasteiger partial charge in [-0.25, -0.2) is 0 Å². The minimum atomic E-state index is -0.581. The highest BCUT2D eigenvalue weighted by atomic mass is 16.6. The summed E-state index contributed by atoms with van der Waals surface area (Å²) < 4.78 is 0. The third-order valence-corrected chi connectivity index (χ3v) is 6.00. The van der Waals surface area contributed by atoms with E-state index in [-0.39, 0.29) is 35.3 Å². The van der Waals surface area contributed by atoms with Crippen LogP contribution in [0.1, 0.15) is 53.0 Å². The Morgan fingerprint density at radius 2 is 1.76 bits per heavy atom. The van der Waals surface area contributed by atoms with Crippen LogP contribution in [0.25, 0.3) is 0 Å². The molecule has 2 fully saturated rings. The Labute approximate surface area is 192 Å². The zero-order valence-electron chi connectivity index (χ0n) is 19.1. The first-order valence-corrected chi connectivity index (χ1v) is 11.2. The van der Waals surface area contributed by atoms with Crippen LogP contribution in [-0.2, 0) is 0 Å². The number of carbonyl (C=O) groups is 2. The number of benzene rings is 2. The average molecular weight is 452 g/mol. The van der Waals surface area contributed by atoms with Crippen molar-refractivity contribution in [3.05, 3.63) is 63.2 Å². The number of nitrogens with zero attached hydrogens (tertiary/aromatic N) is 2. The summed E-state index contributed by atoms with van der Waals surface area (Å²) in [6.45, 7) is 7.45. The lowest BCUT2D eigenvalue weighted by atomic mass is 10.1. The topological polar surface area (TPSA) is 117 Å². The summed E-state index contributed by atoms with van der Waals surface area (Å²) in [4.78, 5) is 38.8. The van der Waals surface area contributed by atoms with Crippen molar-refractivity contribution in [2.75, 3.05) is 23.3 Å². The molecule has 1 aliphatic carbocycles. The summed E-state index contributed by atoms with van der Waals surface area (Å²) in [6.07, 6.45) is 1.96. The van der Waals surface area contributed by atoms with Gasteiger partial charge >= 0.3 is 0 Å². The van der Waals surface area contributed by atoms with Crippen LogP contribution in [0.3, 0.4) is 0 Å². The van der Waals surface area contributed by atoms with E-state index in [4.69, 9.17) is 0 Å². The van der Waals surface area contributed by atoms with Gasteiger partial charge in [0, 0.05) is 54.2 Å². The SMILES string of the molecule is Cc1ccc(C(=O)NC2CC2)cc1NC(=O)c1cc(N2CC(C)NC(C)C2)ccc1[N+](=O)[O-]. The van der Waals surface area contributed by atoms with Crippen molar-refractivity contribution in [3.63, 3.8) is 0 Å². The number of carbonyl (C=O) groups excluding carboxylic acids is 2. The molecule has 2 atom stereocenters. The van der Waals surface area contributed by atoms with Crippen LogP contribution in [-0.4, -0.2) is 48.0 Å². The van der Waals surface area contributed by atoms with E-state index in [9.17, 15) is 19.7 Å². The molecule has 2 amide bonds. The van der Waals surface area contributed by atoms with E-state index < -0.39 is 10.8 Å². The predicted octanol–water partition coefficient (Wildman–Crippen LogP) is 3.23. The van der Waals surface area contributed by atoms with Gasteiger partial charge in [0.2, 0.25) is 0 Å². The molecule has 0 radical (unpaired) electrons. The molecule has 2 aromatic rings. The van der Waals surface area contributed by atoms with Gasteiger partial charge in [0.15, 0.2) is 0 Å². The van der Waals surface area contributed by atoms with Gasteiger partial charge in [0.1, 0.15) is 5.56 Å². The standard InChI is InChI=1S/C24H29N5O4/c1-14-4-5-17(23(30)26-18-6-7-18)10-21(14)27-24(31)20-11-19(8-9-22(20)29(32)33)28-12-15(2)25-16(3)13-28/h4-5,8-11,15-16,18,25H,6-7,12-13H2,1-3H3,(H,26,30)(H,27,31). The maximum atomic E-state index is 13.2. The summed E-state index contributed by atoms with van der Waals surface area (Å²) in [5.41, 5.74) is 2.15. The van der Waals surface area contributed by atoms with Crippen LogP contribution in [0.2, 0.25) is 0 Å². The third-order valence-electron chi connectivity index (χ3n) is 6.00. The molecule has 0 spiro atoms. The van der Waals surface area contributed by atoms with Crippen LogP contribution in [0.15, 0.2) is 36.4 Å². The fraction of sp³-hybridized carbons (Fsp3) is 0.417. The Balaban J connectivity index is 1.60. The Morgan fingerprint density at radius 3 is 2.39 bits per heavy atom.